The molecule has 0 spiro atoms. The molecule has 4 amide bonds. The summed E-state index contributed by atoms with van der Waals surface area (Å²) in [7, 11) is 0. The molecule has 3 N–H and O–H groups in total. The molecule has 0 saturated heterocycles. The van der Waals surface area contributed by atoms with Crippen LogP contribution in [0.15, 0.2) is 72.8 Å². The molecular formula is C22H15N3O4. The van der Waals surface area contributed by atoms with Crippen LogP contribution in [0.3, 0.4) is 0 Å². The zero-order chi connectivity index (χ0) is 20.5. The molecular weight excluding hydrogens is 370 g/mol. The zero-order valence-corrected chi connectivity index (χ0v) is 15.1. The Balaban J connectivity index is 1.58. The van der Waals surface area contributed by atoms with Crippen molar-refractivity contribution < 1.29 is 19.2 Å². The molecule has 142 valence electrons. The van der Waals surface area contributed by atoms with Gasteiger partial charge in [0.1, 0.15) is 0 Å². The van der Waals surface area contributed by atoms with E-state index in [-0.39, 0.29) is 5.56 Å². The fourth-order valence-corrected chi connectivity index (χ4v) is 3.13. The molecule has 0 bridgehead atoms. The van der Waals surface area contributed by atoms with Gasteiger partial charge in [0.25, 0.3) is 17.7 Å². The lowest BCUT2D eigenvalue weighted by Crippen LogP contribution is -2.29. The minimum absolute atomic E-state index is 0.276. The zero-order valence-electron chi connectivity index (χ0n) is 15.1. The fourth-order valence-electron chi connectivity index (χ4n) is 3.13. The highest BCUT2D eigenvalue weighted by Crippen LogP contribution is 2.28. The van der Waals surface area contributed by atoms with Gasteiger partial charge < -0.3 is 11.1 Å². The Labute approximate surface area is 165 Å². The van der Waals surface area contributed by atoms with Crippen LogP contribution in [0.1, 0.15) is 41.4 Å². The lowest BCUT2D eigenvalue weighted by Gasteiger charge is -2.15. The monoisotopic (exact) mass is 385 g/mol. The number of fused-ring (bicyclic) bond motifs is 1. The second-order valence-corrected chi connectivity index (χ2v) is 6.44. The number of carbonyl (C=O) groups excluding carboxylic acids is 4. The molecule has 3 aromatic carbocycles. The molecule has 7 nitrogen and oxygen atoms in total. The van der Waals surface area contributed by atoms with Crippen molar-refractivity contribution in [3.05, 3.63) is 95.1 Å². The van der Waals surface area contributed by atoms with Crippen LogP contribution in [-0.4, -0.2) is 23.6 Å². The first-order valence-corrected chi connectivity index (χ1v) is 8.75. The van der Waals surface area contributed by atoms with E-state index in [0.29, 0.717) is 28.1 Å². The maximum atomic E-state index is 12.6. The van der Waals surface area contributed by atoms with E-state index in [1.165, 1.54) is 18.2 Å². The third kappa shape index (κ3) is 3.25. The van der Waals surface area contributed by atoms with E-state index in [9.17, 15) is 19.2 Å². The molecule has 0 radical (unpaired) electrons. The Bertz CT molecular complexity index is 1130. The SMILES string of the molecule is NC(=O)c1ccc(NC(=O)c2cccc(N3C(=O)c4ccccc4C3=O)c2)cc1. The second-order valence-electron chi connectivity index (χ2n) is 6.44. The van der Waals surface area contributed by atoms with E-state index in [4.69, 9.17) is 5.73 Å². The molecule has 1 heterocycles. The molecule has 4 rings (SSSR count). The molecule has 0 aromatic heterocycles. The van der Waals surface area contributed by atoms with Crippen LogP contribution in [0.4, 0.5) is 11.4 Å². The van der Waals surface area contributed by atoms with Crippen molar-refractivity contribution in [3.63, 3.8) is 0 Å². The van der Waals surface area contributed by atoms with Gasteiger partial charge in [-0.05, 0) is 54.6 Å². The summed E-state index contributed by atoms with van der Waals surface area (Å²) in [5, 5.41) is 2.70. The van der Waals surface area contributed by atoms with Crippen LogP contribution < -0.4 is 16.0 Å². The van der Waals surface area contributed by atoms with E-state index in [2.05, 4.69) is 5.32 Å². The van der Waals surface area contributed by atoms with Gasteiger partial charge in [-0.25, -0.2) is 4.90 Å². The van der Waals surface area contributed by atoms with E-state index >= 15 is 0 Å². The summed E-state index contributed by atoms with van der Waals surface area (Å²) in [6.07, 6.45) is 0. The third-order valence-corrected chi connectivity index (χ3v) is 4.59. The van der Waals surface area contributed by atoms with Crippen molar-refractivity contribution in [2.45, 2.75) is 0 Å². The topological polar surface area (TPSA) is 110 Å². The number of rotatable bonds is 4. The first kappa shape index (κ1) is 18.1. The Kier molecular flexibility index (Phi) is 4.40. The molecule has 0 fully saturated rings. The van der Waals surface area contributed by atoms with Gasteiger partial charge in [0.15, 0.2) is 0 Å². The van der Waals surface area contributed by atoms with Gasteiger partial charge in [-0.3, -0.25) is 19.2 Å². The summed E-state index contributed by atoms with van der Waals surface area (Å²) < 4.78 is 0. The van der Waals surface area contributed by atoms with Gasteiger partial charge in [0.05, 0.1) is 16.8 Å². The maximum Gasteiger partial charge on any atom is 0.266 e. The Morgan fingerprint density at radius 3 is 1.97 bits per heavy atom. The predicted octanol–water partition coefficient (Wildman–Crippen LogP) is 2.84. The van der Waals surface area contributed by atoms with Crippen molar-refractivity contribution in [1.82, 2.24) is 0 Å². The van der Waals surface area contributed by atoms with Crippen molar-refractivity contribution >= 4 is 35.0 Å². The predicted molar refractivity (Wildman–Crippen MR) is 107 cm³/mol. The van der Waals surface area contributed by atoms with Crippen molar-refractivity contribution in [1.29, 1.82) is 0 Å². The molecule has 1 aliphatic rings. The van der Waals surface area contributed by atoms with Crippen LogP contribution in [0.25, 0.3) is 0 Å². The molecule has 0 atom stereocenters. The highest BCUT2D eigenvalue weighted by atomic mass is 16.2. The van der Waals surface area contributed by atoms with E-state index < -0.39 is 23.6 Å². The molecule has 0 unspecified atom stereocenters. The standard InChI is InChI=1S/C22H15N3O4/c23-19(26)13-8-10-15(11-9-13)24-20(27)14-4-3-5-16(12-14)25-21(28)17-6-1-2-7-18(17)22(25)29/h1-12H,(H2,23,26)(H,24,27). The molecule has 3 aromatic rings. The Morgan fingerprint density at radius 1 is 0.759 bits per heavy atom. The lowest BCUT2D eigenvalue weighted by molar-refractivity contribution is 0.0922. The number of amides is 4. The third-order valence-electron chi connectivity index (χ3n) is 4.59. The molecule has 1 aliphatic heterocycles. The summed E-state index contributed by atoms with van der Waals surface area (Å²) in [4.78, 5) is 50.0. The van der Waals surface area contributed by atoms with Crippen LogP contribution in [0, 0.1) is 0 Å². The number of imide groups is 1. The summed E-state index contributed by atoms with van der Waals surface area (Å²) in [5.41, 5.74) is 7.27. The number of hydrogen-bond acceptors (Lipinski definition) is 4. The molecule has 7 heteroatoms. The number of primary amides is 1. The highest BCUT2D eigenvalue weighted by molar-refractivity contribution is 6.34. The quantitative estimate of drug-likeness (QED) is 0.673. The number of carbonyl (C=O) groups is 4. The first-order chi connectivity index (χ1) is 14.0. The summed E-state index contributed by atoms with van der Waals surface area (Å²) in [6.45, 7) is 0. The minimum Gasteiger partial charge on any atom is -0.366 e. The van der Waals surface area contributed by atoms with Crippen molar-refractivity contribution in [2.24, 2.45) is 5.73 Å². The first-order valence-electron chi connectivity index (χ1n) is 8.75. The Hall–Kier alpha value is -4.26. The van der Waals surface area contributed by atoms with Gasteiger partial charge in [0.2, 0.25) is 5.91 Å². The van der Waals surface area contributed by atoms with Crippen LogP contribution in [0.2, 0.25) is 0 Å². The summed E-state index contributed by atoms with van der Waals surface area (Å²) >= 11 is 0. The average Bonchev–Trinajstić information content (AvgIpc) is 2.99. The number of hydrogen-bond donors (Lipinski definition) is 2. The van der Waals surface area contributed by atoms with Gasteiger partial charge in [0, 0.05) is 16.8 Å². The van der Waals surface area contributed by atoms with E-state index in [1.807, 2.05) is 0 Å². The largest absolute Gasteiger partial charge is 0.366 e. The van der Waals surface area contributed by atoms with Gasteiger partial charge in [-0.15, -0.1) is 0 Å². The minimum atomic E-state index is -0.559. The van der Waals surface area contributed by atoms with Crippen LogP contribution >= 0.6 is 0 Å². The van der Waals surface area contributed by atoms with E-state index in [1.54, 1.807) is 54.6 Å². The van der Waals surface area contributed by atoms with E-state index in [0.717, 1.165) is 4.90 Å². The van der Waals surface area contributed by atoms with Crippen LogP contribution in [-0.2, 0) is 0 Å². The molecule has 0 saturated carbocycles. The maximum absolute atomic E-state index is 12.6. The number of nitrogens with zero attached hydrogens (tertiary/aromatic N) is 1. The smallest absolute Gasteiger partial charge is 0.266 e. The number of benzene rings is 3. The summed E-state index contributed by atoms with van der Waals surface area (Å²) in [5.74, 6) is -1.83. The fraction of sp³-hybridized carbons (Fsp3) is 0. The van der Waals surface area contributed by atoms with Gasteiger partial charge in [-0.2, -0.15) is 0 Å². The molecule has 0 aliphatic carbocycles. The lowest BCUT2D eigenvalue weighted by atomic mass is 10.1. The normalized spacial score (nSPS) is 12.6. The highest BCUT2D eigenvalue weighted by Gasteiger charge is 2.36. The number of anilines is 2. The van der Waals surface area contributed by atoms with Gasteiger partial charge in [-0.1, -0.05) is 18.2 Å². The van der Waals surface area contributed by atoms with Crippen molar-refractivity contribution in [3.8, 4) is 0 Å². The van der Waals surface area contributed by atoms with Crippen LogP contribution in [0.5, 0.6) is 0 Å². The average molecular weight is 385 g/mol. The van der Waals surface area contributed by atoms with Gasteiger partial charge >= 0.3 is 0 Å². The number of nitrogens with two attached hydrogens (primary N) is 1. The number of nitrogens with one attached hydrogen (secondary N) is 1. The summed E-state index contributed by atoms with van der Waals surface area (Å²) in [6, 6.07) is 19.0. The molecule has 29 heavy (non-hydrogen) atoms. The Morgan fingerprint density at radius 2 is 1.38 bits per heavy atom. The van der Waals surface area contributed by atoms with Crippen molar-refractivity contribution in [2.75, 3.05) is 10.2 Å². The second kappa shape index (κ2) is 7.05.